The molecule has 0 aliphatic rings. The molecule has 0 saturated carbocycles. The Morgan fingerprint density at radius 2 is 2.06 bits per heavy atom. The van der Waals surface area contributed by atoms with Crippen LogP contribution in [0.4, 0.5) is 0 Å². The maximum absolute atomic E-state index is 9.65. The van der Waals surface area contributed by atoms with Gasteiger partial charge in [-0.3, -0.25) is 10.4 Å². The van der Waals surface area contributed by atoms with Gasteiger partial charge in [0, 0.05) is 17.0 Å². The van der Waals surface area contributed by atoms with E-state index in [0.717, 1.165) is 11.3 Å². The van der Waals surface area contributed by atoms with Gasteiger partial charge in [0.15, 0.2) is 5.17 Å². The maximum atomic E-state index is 9.65. The summed E-state index contributed by atoms with van der Waals surface area (Å²) in [5.41, 5.74) is 7.46. The number of aromatic nitrogens is 1. The van der Waals surface area contributed by atoms with Crippen molar-refractivity contribution in [1.29, 1.82) is 5.41 Å². The third-order valence-electron chi connectivity index (χ3n) is 1.76. The zero-order valence-corrected chi connectivity index (χ0v) is 11.4. The standard InChI is InChI=1S/C9H13N3OS.2ClH/c1-5-3-7(4-14-9(10)11)8(13)6(2)12-5;;/h3,13H,4H2,1-2H3,(H3,10,11);2*1H. The highest BCUT2D eigenvalue weighted by Gasteiger charge is 2.07. The van der Waals surface area contributed by atoms with E-state index in [2.05, 4.69) is 4.98 Å². The van der Waals surface area contributed by atoms with Crippen LogP contribution in [0.25, 0.3) is 0 Å². The second kappa shape index (κ2) is 7.60. The summed E-state index contributed by atoms with van der Waals surface area (Å²) in [7, 11) is 0. The molecule has 7 heteroatoms. The number of pyridine rings is 1. The molecule has 4 nitrogen and oxygen atoms in total. The summed E-state index contributed by atoms with van der Waals surface area (Å²) in [6.07, 6.45) is 0. The lowest BCUT2D eigenvalue weighted by atomic mass is 10.2. The van der Waals surface area contributed by atoms with Gasteiger partial charge in [-0.05, 0) is 19.9 Å². The first-order valence-corrected chi connectivity index (χ1v) is 5.12. The smallest absolute Gasteiger partial charge is 0.151 e. The van der Waals surface area contributed by atoms with Crippen LogP contribution < -0.4 is 5.73 Å². The van der Waals surface area contributed by atoms with Crippen molar-refractivity contribution in [2.24, 2.45) is 5.73 Å². The largest absolute Gasteiger partial charge is 0.506 e. The molecule has 0 atom stereocenters. The molecule has 4 N–H and O–H groups in total. The number of thioether (sulfide) groups is 1. The molecule has 92 valence electrons. The van der Waals surface area contributed by atoms with Gasteiger partial charge in [-0.2, -0.15) is 0 Å². The fourth-order valence-electron chi connectivity index (χ4n) is 1.17. The molecule has 0 aromatic carbocycles. The molecule has 0 spiro atoms. The van der Waals surface area contributed by atoms with Crippen LogP contribution >= 0.6 is 36.6 Å². The second-order valence-electron chi connectivity index (χ2n) is 3.01. The number of halogens is 2. The lowest BCUT2D eigenvalue weighted by Crippen LogP contribution is -2.04. The van der Waals surface area contributed by atoms with E-state index in [9.17, 15) is 5.11 Å². The highest BCUT2D eigenvalue weighted by atomic mass is 35.5. The Morgan fingerprint density at radius 1 is 1.50 bits per heavy atom. The van der Waals surface area contributed by atoms with Gasteiger partial charge in [0.1, 0.15) is 5.75 Å². The first-order valence-electron chi connectivity index (χ1n) is 4.13. The molecule has 0 unspecified atom stereocenters. The van der Waals surface area contributed by atoms with Gasteiger partial charge in [0.2, 0.25) is 0 Å². The Balaban J connectivity index is 0. The first-order chi connectivity index (χ1) is 6.50. The third-order valence-corrected chi connectivity index (χ3v) is 2.52. The molecule has 0 bridgehead atoms. The van der Waals surface area contributed by atoms with Crippen molar-refractivity contribution in [3.05, 3.63) is 23.0 Å². The molecule has 1 heterocycles. The van der Waals surface area contributed by atoms with Crippen LogP contribution in [0.15, 0.2) is 6.07 Å². The topological polar surface area (TPSA) is 83.0 Å². The average molecular weight is 284 g/mol. The van der Waals surface area contributed by atoms with Gasteiger partial charge in [-0.15, -0.1) is 24.8 Å². The average Bonchev–Trinajstić information content (AvgIpc) is 2.08. The highest BCUT2D eigenvalue weighted by Crippen LogP contribution is 2.25. The molecule has 1 rings (SSSR count). The third kappa shape index (κ3) is 4.92. The summed E-state index contributed by atoms with van der Waals surface area (Å²) in [5.74, 6) is 0.704. The molecule has 0 aliphatic carbocycles. The Labute approximate surface area is 111 Å². The maximum Gasteiger partial charge on any atom is 0.151 e. The molecular weight excluding hydrogens is 269 g/mol. The highest BCUT2D eigenvalue weighted by molar-refractivity contribution is 8.13. The summed E-state index contributed by atoms with van der Waals surface area (Å²) in [4.78, 5) is 4.12. The fourth-order valence-corrected chi connectivity index (χ4v) is 1.70. The normalized spacial score (nSPS) is 8.88. The van der Waals surface area contributed by atoms with E-state index in [1.165, 1.54) is 11.8 Å². The van der Waals surface area contributed by atoms with Crippen molar-refractivity contribution in [1.82, 2.24) is 4.98 Å². The van der Waals surface area contributed by atoms with Crippen LogP contribution in [0.3, 0.4) is 0 Å². The first kappa shape index (κ1) is 17.7. The number of amidine groups is 1. The zero-order chi connectivity index (χ0) is 10.7. The van der Waals surface area contributed by atoms with E-state index in [-0.39, 0.29) is 35.7 Å². The molecule has 0 radical (unpaired) electrons. The van der Waals surface area contributed by atoms with Gasteiger partial charge < -0.3 is 10.8 Å². The Kier molecular flexibility index (Phi) is 8.42. The van der Waals surface area contributed by atoms with E-state index < -0.39 is 0 Å². The molecule has 0 saturated heterocycles. The van der Waals surface area contributed by atoms with Crippen molar-refractivity contribution in [3.8, 4) is 5.75 Å². The van der Waals surface area contributed by atoms with Crippen LogP contribution in [-0.4, -0.2) is 15.3 Å². The SMILES string of the molecule is Cc1cc(CSC(=N)N)c(O)c(C)n1.Cl.Cl. The number of rotatable bonds is 2. The van der Waals surface area contributed by atoms with E-state index in [1.807, 2.05) is 6.92 Å². The Morgan fingerprint density at radius 3 is 2.56 bits per heavy atom. The van der Waals surface area contributed by atoms with Crippen LogP contribution in [0.1, 0.15) is 17.0 Å². The Bertz CT molecular complexity index is 374. The van der Waals surface area contributed by atoms with Gasteiger partial charge in [0.05, 0.1) is 5.69 Å². The summed E-state index contributed by atoms with van der Waals surface area (Å²) in [5, 5.41) is 16.8. The van der Waals surface area contributed by atoms with Crippen molar-refractivity contribution in [2.45, 2.75) is 19.6 Å². The lowest BCUT2D eigenvalue weighted by Gasteiger charge is -2.07. The number of aryl methyl sites for hydroxylation is 2. The number of hydrogen-bond acceptors (Lipinski definition) is 4. The summed E-state index contributed by atoms with van der Waals surface area (Å²) in [6.45, 7) is 3.62. The van der Waals surface area contributed by atoms with Gasteiger partial charge in [-0.25, -0.2) is 0 Å². The molecule has 0 amide bonds. The minimum absolute atomic E-state index is 0. The van der Waals surface area contributed by atoms with Crippen molar-refractivity contribution >= 4 is 41.7 Å². The van der Waals surface area contributed by atoms with E-state index in [1.54, 1.807) is 13.0 Å². The quantitative estimate of drug-likeness (QED) is 0.575. The van der Waals surface area contributed by atoms with Crippen molar-refractivity contribution < 1.29 is 5.11 Å². The van der Waals surface area contributed by atoms with E-state index in [4.69, 9.17) is 11.1 Å². The van der Waals surface area contributed by atoms with Crippen LogP contribution in [0.2, 0.25) is 0 Å². The summed E-state index contributed by atoms with van der Waals surface area (Å²) < 4.78 is 0. The summed E-state index contributed by atoms with van der Waals surface area (Å²) in [6, 6.07) is 1.80. The molecule has 1 aromatic rings. The number of hydrogen-bond donors (Lipinski definition) is 3. The second-order valence-corrected chi connectivity index (χ2v) is 4.03. The van der Waals surface area contributed by atoms with Crippen molar-refractivity contribution in [2.75, 3.05) is 0 Å². The summed E-state index contributed by atoms with van der Waals surface area (Å²) >= 11 is 1.19. The predicted molar refractivity (Wildman–Crippen MR) is 73.1 cm³/mol. The van der Waals surface area contributed by atoms with Crippen LogP contribution in [0, 0.1) is 19.3 Å². The van der Waals surface area contributed by atoms with Gasteiger partial charge in [-0.1, -0.05) is 11.8 Å². The van der Waals surface area contributed by atoms with E-state index >= 15 is 0 Å². The fraction of sp³-hybridized carbons (Fsp3) is 0.333. The molecule has 0 aliphatic heterocycles. The molecule has 1 aromatic heterocycles. The van der Waals surface area contributed by atoms with Crippen molar-refractivity contribution in [3.63, 3.8) is 0 Å². The van der Waals surface area contributed by atoms with Crippen LogP contribution in [0.5, 0.6) is 5.75 Å². The Hall–Kier alpha value is -0.650. The number of nitrogens with zero attached hydrogens (tertiary/aromatic N) is 1. The number of aromatic hydroxyl groups is 1. The molecular formula is C9H15Cl2N3OS. The van der Waals surface area contributed by atoms with Gasteiger partial charge in [0.25, 0.3) is 0 Å². The lowest BCUT2D eigenvalue weighted by molar-refractivity contribution is 0.462. The van der Waals surface area contributed by atoms with Crippen LogP contribution in [-0.2, 0) is 5.75 Å². The minimum Gasteiger partial charge on any atom is -0.506 e. The number of nitrogens with two attached hydrogens (primary N) is 1. The molecule has 0 fully saturated rings. The monoisotopic (exact) mass is 283 g/mol. The minimum atomic E-state index is 0. The zero-order valence-electron chi connectivity index (χ0n) is 8.98. The van der Waals surface area contributed by atoms with E-state index in [0.29, 0.717) is 11.4 Å². The predicted octanol–water partition coefficient (Wildman–Crippen LogP) is 2.37. The van der Waals surface area contributed by atoms with Gasteiger partial charge >= 0.3 is 0 Å². The number of nitrogens with one attached hydrogen (secondary N) is 1. The molecule has 16 heavy (non-hydrogen) atoms.